The molecule has 0 saturated heterocycles. The van der Waals surface area contributed by atoms with E-state index in [0.29, 0.717) is 18.1 Å². The topological polar surface area (TPSA) is 83.5 Å². The van der Waals surface area contributed by atoms with Gasteiger partial charge in [-0.05, 0) is 99.8 Å². The zero-order valence-electron chi connectivity index (χ0n) is 22.7. The predicted octanol–water partition coefficient (Wildman–Crippen LogP) is 8.12. The summed E-state index contributed by atoms with van der Waals surface area (Å²) in [7, 11) is 0. The Morgan fingerprint density at radius 2 is 1.94 bits per heavy atom. The minimum atomic E-state index is -0.736. The summed E-state index contributed by atoms with van der Waals surface area (Å²) < 4.78 is 0. The first kappa shape index (κ1) is 30.2. The van der Waals surface area contributed by atoms with Crippen LogP contribution in [0.3, 0.4) is 0 Å². The molecule has 1 aromatic carbocycles. The van der Waals surface area contributed by atoms with Gasteiger partial charge in [0.25, 0.3) is 0 Å². The van der Waals surface area contributed by atoms with Crippen molar-refractivity contribution in [1.82, 2.24) is 0 Å². The number of carboxylic acids is 1. The number of allylic oxidation sites excluding steroid dienone is 3. The highest BCUT2D eigenvalue weighted by Crippen LogP contribution is 2.30. The van der Waals surface area contributed by atoms with E-state index in [1.165, 1.54) is 69.8 Å². The van der Waals surface area contributed by atoms with E-state index in [4.69, 9.17) is 10.8 Å². The number of benzene rings is 1. The number of unbranched alkanes of at least 4 members (excludes halogenated alkanes) is 5. The lowest BCUT2D eigenvalue weighted by Crippen LogP contribution is -2.05. The smallest absolute Gasteiger partial charge is 0.303 e. The van der Waals surface area contributed by atoms with Gasteiger partial charge in [0.1, 0.15) is 5.75 Å². The van der Waals surface area contributed by atoms with Crippen LogP contribution < -0.4 is 5.73 Å². The Morgan fingerprint density at radius 3 is 2.72 bits per heavy atom. The quantitative estimate of drug-likeness (QED) is 0.125. The van der Waals surface area contributed by atoms with Gasteiger partial charge in [0.05, 0.1) is 0 Å². The minimum absolute atomic E-state index is 0.199. The minimum Gasteiger partial charge on any atom is -0.508 e. The van der Waals surface area contributed by atoms with Gasteiger partial charge in [-0.25, -0.2) is 0 Å². The number of carbonyl (C=O) groups is 1. The fourth-order valence-electron chi connectivity index (χ4n) is 5.47. The van der Waals surface area contributed by atoms with Crippen LogP contribution in [0.4, 0.5) is 0 Å². The highest BCUT2D eigenvalue weighted by molar-refractivity contribution is 5.66. The van der Waals surface area contributed by atoms with E-state index in [-0.39, 0.29) is 6.42 Å². The zero-order chi connectivity index (χ0) is 26.0. The van der Waals surface area contributed by atoms with Gasteiger partial charge in [-0.2, -0.15) is 0 Å². The maximum absolute atomic E-state index is 10.8. The first-order chi connectivity index (χ1) is 17.5. The van der Waals surface area contributed by atoms with E-state index in [2.05, 4.69) is 31.2 Å². The molecule has 0 aromatic heterocycles. The first-order valence-corrected chi connectivity index (χ1v) is 14.6. The molecule has 0 spiro atoms. The average Bonchev–Trinajstić information content (AvgIpc) is 3.30. The average molecular weight is 498 g/mol. The summed E-state index contributed by atoms with van der Waals surface area (Å²) in [6.07, 6.45) is 25.2. The lowest BCUT2D eigenvalue weighted by atomic mass is 9.89. The monoisotopic (exact) mass is 497 g/mol. The number of carboxylic acid groups (broad SMARTS) is 1. The third-order valence-electron chi connectivity index (χ3n) is 7.59. The predicted molar refractivity (Wildman–Crippen MR) is 151 cm³/mol. The lowest BCUT2D eigenvalue weighted by Gasteiger charge is -2.17. The first-order valence-electron chi connectivity index (χ1n) is 14.6. The lowest BCUT2D eigenvalue weighted by molar-refractivity contribution is -0.136. The molecule has 2 atom stereocenters. The molecule has 202 valence electrons. The van der Waals surface area contributed by atoms with Gasteiger partial charge in [0.2, 0.25) is 0 Å². The number of rotatable bonds is 20. The normalized spacial score (nSPS) is 16.5. The molecule has 1 aliphatic rings. The maximum atomic E-state index is 10.8. The summed E-state index contributed by atoms with van der Waals surface area (Å²) in [5.41, 5.74) is 9.66. The van der Waals surface area contributed by atoms with Crippen molar-refractivity contribution in [2.24, 2.45) is 17.6 Å². The second kappa shape index (κ2) is 18.2. The van der Waals surface area contributed by atoms with E-state index >= 15 is 0 Å². The molecule has 0 radical (unpaired) electrons. The molecular weight excluding hydrogens is 446 g/mol. The van der Waals surface area contributed by atoms with E-state index in [9.17, 15) is 9.90 Å². The van der Waals surface area contributed by atoms with Crippen molar-refractivity contribution in [2.75, 3.05) is 6.54 Å². The van der Waals surface area contributed by atoms with Crippen LogP contribution in [0.25, 0.3) is 0 Å². The number of aryl methyl sites for hydroxylation is 1. The van der Waals surface area contributed by atoms with Gasteiger partial charge in [-0.15, -0.1) is 0 Å². The number of phenolic OH excluding ortho intramolecular Hbond substituents is 1. The van der Waals surface area contributed by atoms with Gasteiger partial charge >= 0.3 is 5.97 Å². The van der Waals surface area contributed by atoms with Crippen LogP contribution >= 0.6 is 0 Å². The van der Waals surface area contributed by atoms with E-state index < -0.39 is 5.97 Å². The fourth-order valence-corrected chi connectivity index (χ4v) is 5.47. The molecule has 0 bridgehead atoms. The van der Waals surface area contributed by atoms with Gasteiger partial charge in [-0.3, -0.25) is 4.79 Å². The van der Waals surface area contributed by atoms with Gasteiger partial charge in [-0.1, -0.05) is 81.4 Å². The molecule has 0 aliphatic heterocycles. The Kier molecular flexibility index (Phi) is 15.3. The molecule has 1 aliphatic carbocycles. The number of aliphatic carboxylic acids is 1. The van der Waals surface area contributed by atoms with E-state index in [1.54, 1.807) is 5.57 Å². The third kappa shape index (κ3) is 12.8. The molecule has 0 heterocycles. The Morgan fingerprint density at radius 1 is 1.11 bits per heavy atom. The molecule has 4 N–H and O–H groups in total. The van der Waals surface area contributed by atoms with Crippen LogP contribution in [0, 0.1) is 11.8 Å². The van der Waals surface area contributed by atoms with Gasteiger partial charge in [0, 0.05) is 6.42 Å². The van der Waals surface area contributed by atoms with Crippen LogP contribution in [0.1, 0.15) is 114 Å². The van der Waals surface area contributed by atoms with Crippen LogP contribution in [0.15, 0.2) is 42.0 Å². The van der Waals surface area contributed by atoms with Crippen LogP contribution in [-0.2, 0) is 17.6 Å². The summed E-state index contributed by atoms with van der Waals surface area (Å²) in [6, 6.07) is 6.15. The van der Waals surface area contributed by atoms with Crippen LogP contribution in [0.2, 0.25) is 0 Å². The Balaban J connectivity index is 1.81. The van der Waals surface area contributed by atoms with Crippen molar-refractivity contribution in [1.29, 1.82) is 0 Å². The van der Waals surface area contributed by atoms with Crippen LogP contribution in [-0.4, -0.2) is 22.7 Å². The highest BCUT2D eigenvalue weighted by atomic mass is 16.4. The van der Waals surface area contributed by atoms with E-state index in [0.717, 1.165) is 50.1 Å². The molecule has 0 saturated carbocycles. The highest BCUT2D eigenvalue weighted by Gasteiger charge is 2.15. The number of hydrogen-bond donors (Lipinski definition) is 3. The molecular formula is C32H51NO3. The third-order valence-corrected chi connectivity index (χ3v) is 7.59. The zero-order valence-corrected chi connectivity index (χ0v) is 22.7. The standard InChI is InChI=1S/C32H51NO3/c1-2-3-7-15-30-25-29(19-20-31(30)34)24-26(13-10-6-11-16-32(35)36)12-8-4-5-9-14-27-17-18-28(23-27)21-22-33/h6,10,19-20,23,25-27,34H,2-5,7-9,11-18,21-22,24,33H2,1H3,(H,35,36). The van der Waals surface area contributed by atoms with Crippen molar-refractivity contribution in [2.45, 2.75) is 116 Å². The summed E-state index contributed by atoms with van der Waals surface area (Å²) in [5.74, 6) is 1.01. The summed E-state index contributed by atoms with van der Waals surface area (Å²) in [4.78, 5) is 10.8. The maximum Gasteiger partial charge on any atom is 0.303 e. The molecule has 4 nitrogen and oxygen atoms in total. The van der Waals surface area contributed by atoms with Gasteiger partial charge in [0.15, 0.2) is 0 Å². The van der Waals surface area contributed by atoms with Crippen molar-refractivity contribution >= 4 is 5.97 Å². The molecule has 4 heteroatoms. The van der Waals surface area contributed by atoms with Crippen molar-refractivity contribution in [3.8, 4) is 5.75 Å². The number of aromatic hydroxyl groups is 1. The second-order valence-electron chi connectivity index (χ2n) is 10.8. The second-order valence-corrected chi connectivity index (χ2v) is 10.8. The molecule has 0 amide bonds. The molecule has 1 aromatic rings. The molecule has 2 rings (SSSR count). The fraction of sp³-hybridized carbons (Fsp3) is 0.656. The largest absolute Gasteiger partial charge is 0.508 e. The number of nitrogens with two attached hydrogens (primary N) is 1. The van der Waals surface area contributed by atoms with E-state index in [1.807, 2.05) is 12.1 Å². The van der Waals surface area contributed by atoms with Gasteiger partial charge < -0.3 is 15.9 Å². The Labute approximate surface area is 220 Å². The number of hydrogen-bond acceptors (Lipinski definition) is 3. The van der Waals surface area contributed by atoms with Crippen LogP contribution in [0.5, 0.6) is 5.75 Å². The Bertz CT molecular complexity index is 814. The number of phenols is 1. The Hall–Kier alpha value is -2.07. The molecule has 2 unspecified atom stereocenters. The summed E-state index contributed by atoms with van der Waals surface area (Å²) >= 11 is 0. The van der Waals surface area contributed by atoms with Crippen molar-refractivity contribution < 1.29 is 15.0 Å². The van der Waals surface area contributed by atoms with Crippen molar-refractivity contribution in [3.05, 3.63) is 53.1 Å². The SMILES string of the molecule is CCCCCc1cc(CC(CC=CCCC(=O)O)CCCCCCC2C=C(CCN)CC2)ccc1O. The summed E-state index contributed by atoms with van der Waals surface area (Å²) in [5, 5.41) is 19.2. The van der Waals surface area contributed by atoms with Crippen molar-refractivity contribution in [3.63, 3.8) is 0 Å². The summed E-state index contributed by atoms with van der Waals surface area (Å²) in [6.45, 7) is 2.98. The molecule has 0 fully saturated rings. The molecule has 36 heavy (non-hydrogen) atoms.